The molecule has 0 spiro atoms. The molecule has 64 valence electrons. The van der Waals surface area contributed by atoms with Crippen LogP contribution in [-0.2, 0) is 11.2 Å². The largest absolute Gasteiger partial charge is 0.479 e. The van der Waals surface area contributed by atoms with Crippen LogP contribution in [0.3, 0.4) is 0 Å². The molecule has 0 aromatic heterocycles. The van der Waals surface area contributed by atoms with E-state index in [1.165, 1.54) is 0 Å². The van der Waals surface area contributed by atoms with Crippen molar-refractivity contribution in [3.8, 4) is 0 Å². The van der Waals surface area contributed by atoms with Gasteiger partial charge < -0.3 is 10.2 Å². The van der Waals surface area contributed by atoms with Crippen LogP contribution in [0.2, 0.25) is 0 Å². The fourth-order valence-corrected chi connectivity index (χ4v) is 0.925. The van der Waals surface area contributed by atoms with Gasteiger partial charge in [-0.2, -0.15) is 0 Å². The third kappa shape index (κ3) is 2.36. The maximum atomic E-state index is 10.3. The van der Waals surface area contributed by atoms with Crippen LogP contribution in [-0.4, -0.2) is 22.3 Å². The summed E-state index contributed by atoms with van der Waals surface area (Å²) in [7, 11) is 0. The first-order chi connectivity index (χ1) is 5.70. The van der Waals surface area contributed by atoms with Crippen LogP contribution in [0.5, 0.6) is 0 Å². The van der Waals surface area contributed by atoms with Gasteiger partial charge >= 0.3 is 5.97 Å². The Morgan fingerprint density at radius 3 is 2.50 bits per heavy atom. The maximum absolute atomic E-state index is 10.3. The van der Waals surface area contributed by atoms with Crippen LogP contribution >= 0.6 is 0 Å². The Bertz CT molecular complexity index is 256. The first-order valence-electron chi connectivity index (χ1n) is 3.65. The highest BCUT2D eigenvalue weighted by Crippen LogP contribution is 2.02. The van der Waals surface area contributed by atoms with Gasteiger partial charge in [-0.1, -0.05) is 30.3 Å². The summed E-state index contributed by atoms with van der Waals surface area (Å²) < 4.78 is 0. The van der Waals surface area contributed by atoms with E-state index in [2.05, 4.69) is 0 Å². The lowest BCUT2D eigenvalue weighted by Gasteiger charge is -2.03. The predicted molar refractivity (Wildman–Crippen MR) is 43.8 cm³/mol. The number of aliphatic hydroxyl groups is 1. The van der Waals surface area contributed by atoms with Crippen molar-refractivity contribution < 1.29 is 15.0 Å². The summed E-state index contributed by atoms with van der Waals surface area (Å²) >= 11 is 0. The molecule has 0 bridgehead atoms. The van der Waals surface area contributed by atoms with Crippen molar-refractivity contribution in [2.75, 3.05) is 0 Å². The average Bonchev–Trinajstić information content (AvgIpc) is 2.06. The maximum Gasteiger partial charge on any atom is 0.332 e. The topological polar surface area (TPSA) is 57.5 Å². The molecule has 0 fully saturated rings. The third-order valence-corrected chi connectivity index (χ3v) is 1.56. The molecular formula is C9H10O3. The van der Waals surface area contributed by atoms with E-state index in [9.17, 15) is 4.79 Å². The summed E-state index contributed by atoms with van der Waals surface area (Å²) in [6.07, 6.45) is -1.14. The van der Waals surface area contributed by atoms with E-state index in [4.69, 9.17) is 10.2 Å². The molecule has 0 heterocycles. The van der Waals surface area contributed by atoms with Gasteiger partial charge in [0.25, 0.3) is 0 Å². The lowest BCUT2D eigenvalue weighted by Crippen LogP contribution is -2.21. The molecule has 0 amide bonds. The van der Waals surface area contributed by atoms with E-state index in [-0.39, 0.29) is 6.42 Å². The Kier molecular flexibility index (Phi) is 2.82. The molecule has 0 saturated carbocycles. The summed E-state index contributed by atoms with van der Waals surface area (Å²) in [6.45, 7) is 0. The number of carboxylic acids is 1. The molecule has 1 aromatic rings. The minimum absolute atomic E-state index is 0.163. The van der Waals surface area contributed by atoms with Crippen LogP contribution in [0.1, 0.15) is 5.56 Å². The van der Waals surface area contributed by atoms with Crippen molar-refractivity contribution in [2.45, 2.75) is 12.5 Å². The summed E-state index contributed by atoms with van der Waals surface area (Å²) in [5.41, 5.74) is 0.826. The van der Waals surface area contributed by atoms with E-state index >= 15 is 0 Å². The molecule has 0 radical (unpaired) electrons. The normalized spacial score (nSPS) is 12.4. The highest BCUT2D eigenvalue weighted by Gasteiger charge is 2.12. The predicted octanol–water partition coefficient (Wildman–Crippen LogP) is 0.675. The van der Waals surface area contributed by atoms with Gasteiger partial charge in [-0.15, -0.1) is 0 Å². The van der Waals surface area contributed by atoms with E-state index in [1.807, 2.05) is 18.2 Å². The minimum atomic E-state index is -1.30. The fourth-order valence-electron chi connectivity index (χ4n) is 0.925. The molecule has 0 unspecified atom stereocenters. The Balaban J connectivity index is 2.58. The second-order valence-corrected chi connectivity index (χ2v) is 2.54. The molecule has 1 aromatic carbocycles. The number of carboxylic acid groups (broad SMARTS) is 1. The summed E-state index contributed by atoms with van der Waals surface area (Å²) in [4.78, 5) is 10.3. The van der Waals surface area contributed by atoms with Gasteiger partial charge in [0.2, 0.25) is 0 Å². The monoisotopic (exact) mass is 168 g/mol. The number of carbonyl (C=O) groups is 1. The summed E-state index contributed by atoms with van der Waals surface area (Å²) in [5, 5.41) is 17.4. The van der Waals surface area contributed by atoms with E-state index < -0.39 is 12.1 Å². The summed E-state index contributed by atoms with van der Waals surface area (Å²) in [6, 6.07) is 9.03. The zero-order valence-electron chi connectivity index (χ0n) is 6.47. The van der Waals surface area contributed by atoms with Crippen LogP contribution in [0.4, 0.5) is 0 Å². The van der Waals surface area contributed by atoms with Crippen molar-refractivity contribution in [3.63, 3.8) is 0 Å². The standard InChI is InChI=1S/C9H10O3/c10-8(9(11)12)6-7-4-2-1-3-5-7/h1-5,8,10H,6H2,(H,11,12)/t8-/m0/s1/i10+2. The number of benzene rings is 1. The van der Waals surface area contributed by atoms with Crippen LogP contribution in [0, 0.1) is 0 Å². The number of aliphatic hydroxyl groups excluding tert-OH is 1. The van der Waals surface area contributed by atoms with Gasteiger partial charge in [-0.3, -0.25) is 0 Å². The Labute approximate surface area is 70.3 Å². The van der Waals surface area contributed by atoms with Gasteiger partial charge in [0.05, 0.1) is 0 Å². The van der Waals surface area contributed by atoms with Gasteiger partial charge in [0, 0.05) is 6.42 Å². The Hall–Kier alpha value is -1.35. The van der Waals surface area contributed by atoms with Gasteiger partial charge in [0.1, 0.15) is 0 Å². The highest BCUT2D eigenvalue weighted by molar-refractivity contribution is 5.72. The van der Waals surface area contributed by atoms with Crippen molar-refractivity contribution in [3.05, 3.63) is 35.9 Å². The molecule has 1 atom stereocenters. The second kappa shape index (κ2) is 3.88. The van der Waals surface area contributed by atoms with Gasteiger partial charge in [-0.05, 0) is 5.56 Å². The Morgan fingerprint density at radius 1 is 1.42 bits per heavy atom. The second-order valence-electron chi connectivity index (χ2n) is 2.54. The molecule has 3 nitrogen and oxygen atoms in total. The zero-order chi connectivity index (χ0) is 8.97. The fraction of sp³-hybridized carbons (Fsp3) is 0.222. The van der Waals surface area contributed by atoms with Gasteiger partial charge in [0.15, 0.2) is 6.10 Å². The Morgan fingerprint density at radius 2 is 2.00 bits per heavy atom. The number of aliphatic carboxylic acids is 1. The van der Waals surface area contributed by atoms with Crippen LogP contribution in [0.15, 0.2) is 30.3 Å². The first-order valence-corrected chi connectivity index (χ1v) is 3.65. The van der Waals surface area contributed by atoms with E-state index in [0.29, 0.717) is 0 Å². The lowest BCUT2D eigenvalue weighted by atomic mass is 10.1. The van der Waals surface area contributed by atoms with Crippen LogP contribution in [0.25, 0.3) is 0 Å². The molecule has 3 heteroatoms. The van der Waals surface area contributed by atoms with Crippen molar-refractivity contribution >= 4 is 5.97 Å². The number of hydrogen-bond acceptors (Lipinski definition) is 2. The van der Waals surface area contributed by atoms with Crippen molar-refractivity contribution in [1.29, 1.82) is 0 Å². The lowest BCUT2D eigenvalue weighted by molar-refractivity contribution is -0.146. The molecular weight excluding hydrogens is 158 g/mol. The molecule has 1 rings (SSSR count). The third-order valence-electron chi connectivity index (χ3n) is 1.56. The molecule has 0 aliphatic heterocycles. The zero-order valence-corrected chi connectivity index (χ0v) is 6.47. The molecule has 0 saturated heterocycles. The highest BCUT2D eigenvalue weighted by atomic mass is 18.2. The number of rotatable bonds is 3. The van der Waals surface area contributed by atoms with E-state index in [0.717, 1.165) is 5.56 Å². The first kappa shape index (κ1) is 8.74. The molecule has 0 aliphatic rings. The molecule has 12 heavy (non-hydrogen) atoms. The van der Waals surface area contributed by atoms with E-state index in [1.54, 1.807) is 12.1 Å². The smallest absolute Gasteiger partial charge is 0.332 e. The number of hydrogen-bond donors (Lipinski definition) is 2. The quantitative estimate of drug-likeness (QED) is 0.652. The molecule has 2 N–H and O–H groups in total. The summed E-state index contributed by atoms with van der Waals surface area (Å²) in [5.74, 6) is -1.18. The van der Waals surface area contributed by atoms with Crippen molar-refractivity contribution in [2.24, 2.45) is 0 Å². The van der Waals surface area contributed by atoms with Crippen molar-refractivity contribution in [1.82, 2.24) is 0 Å². The average molecular weight is 168 g/mol. The SMILES string of the molecule is O=C(O)[C@@H]([18OH])Cc1ccccc1. The van der Waals surface area contributed by atoms with Gasteiger partial charge in [-0.25, -0.2) is 4.79 Å². The molecule has 0 aliphatic carbocycles. The van der Waals surface area contributed by atoms with Crippen LogP contribution < -0.4 is 0 Å². The minimum Gasteiger partial charge on any atom is -0.479 e.